The van der Waals surface area contributed by atoms with Gasteiger partial charge >= 0.3 is 0 Å². The number of allylic oxidation sites excluding steroid dienone is 4. The molecule has 0 spiro atoms. The van der Waals surface area contributed by atoms with E-state index in [0.29, 0.717) is 0 Å². The molecule has 0 bridgehead atoms. The summed E-state index contributed by atoms with van der Waals surface area (Å²) >= 11 is 0. The highest BCUT2D eigenvalue weighted by atomic mass is 35.5. The van der Waals surface area contributed by atoms with Crippen LogP contribution in [0, 0.1) is 0 Å². The van der Waals surface area contributed by atoms with Gasteiger partial charge in [0.05, 0.1) is 0 Å². The topological polar surface area (TPSA) is 29.3 Å². The highest BCUT2D eigenvalue weighted by molar-refractivity contribution is 5.85. The average molecular weight is 183 g/mol. The van der Waals surface area contributed by atoms with Gasteiger partial charge in [0.1, 0.15) is 0 Å². The summed E-state index contributed by atoms with van der Waals surface area (Å²) in [6, 6.07) is 0. The molecule has 0 aromatic heterocycles. The molecule has 2 nitrogen and oxygen atoms in total. The molecule has 0 atom stereocenters. The number of nitrogens with two attached hydrogens (primary N) is 1. The van der Waals surface area contributed by atoms with Crippen LogP contribution in [0.1, 0.15) is 0 Å². The van der Waals surface area contributed by atoms with Crippen molar-refractivity contribution in [3.63, 3.8) is 0 Å². The van der Waals surface area contributed by atoms with Crippen molar-refractivity contribution >= 4 is 12.4 Å². The summed E-state index contributed by atoms with van der Waals surface area (Å²) < 4.78 is 0. The Balaban J connectivity index is 0.000000720. The van der Waals surface area contributed by atoms with E-state index in [4.69, 9.17) is 5.73 Å². The molecule has 0 amide bonds. The van der Waals surface area contributed by atoms with Gasteiger partial charge in [0, 0.05) is 24.1 Å². The molecule has 0 aromatic rings. The molecule has 0 radical (unpaired) electrons. The van der Waals surface area contributed by atoms with Crippen LogP contribution in [0.4, 0.5) is 0 Å². The largest absolute Gasteiger partial charge is 0.399 e. The van der Waals surface area contributed by atoms with Gasteiger partial charge in [-0.05, 0) is 18.2 Å². The van der Waals surface area contributed by atoms with Gasteiger partial charge in [-0.15, -0.1) is 12.4 Å². The van der Waals surface area contributed by atoms with Gasteiger partial charge in [0.2, 0.25) is 0 Å². The maximum atomic E-state index is 5.62. The van der Waals surface area contributed by atoms with E-state index in [1.807, 2.05) is 18.4 Å². The molecule has 0 aliphatic carbocycles. The molecule has 0 saturated heterocycles. The Labute approximate surface area is 78.1 Å². The molecule has 2 aliphatic heterocycles. The summed E-state index contributed by atoms with van der Waals surface area (Å²) in [6.07, 6.45) is 12.1. The van der Waals surface area contributed by atoms with Crippen molar-refractivity contribution in [1.82, 2.24) is 4.90 Å². The third kappa shape index (κ3) is 1.53. The Bertz CT molecular complexity index is 287. The lowest BCUT2D eigenvalue weighted by atomic mass is 10.2. The fourth-order valence-corrected chi connectivity index (χ4v) is 1.22. The Morgan fingerprint density at radius 3 is 3.08 bits per heavy atom. The van der Waals surface area contributed by atoms with Crippen LogP contribution in [-0.2, 0) is 0 Å². The lowest BCUT2D eigenvalue weighted by Gasteiger charge is -2.25. The maximum absolute atomic E-state index is 5.62. The predicted octanol–water partition coefficient (Wildman–Crippen LogP) is 1.53. The van der Waals surface area contributed by atoms with Gasteiger partial charge in [-0.1, -0.05) is 12.2 Å². The van der Waals surface area contributed by atoms with Crippen molar-refractivity contribution in [3.05, 3.63) is 48.0 Å². The molecule has 2 rings (SSSR count). The fourth-order valence-electron chi connectivity index (χ4n) is 1.22. The van der Waals surface area contributed by atoms with E-state index in [1.54, 1.807) is 0 Å². The van der Waals surface area contributed by atoms with E-state index in [1.165, 1.54) is 5.70 Å². The summed E-state index contributed by atoms with van der Waals surface area (Å²) in [4.78, 5) is 2.15. The summed E-state index contributed by atoms with van der Waals surface area (Å²) in [5, 5.41) is 0. The standard InChI is InChI=1S/C9H10N2.ClH/c10-8-4-6-11-5-2-1-3-9(11)7-8;/h1-4,6-7H,5,10H2;1H. The lowest BCUT2D eigenvalue weighted by Crippen LogP contribution is -2.21. The van der Waals surface area contributed by atoms with Crippen LogP contribution in [0.15, 0.2) is 48.0 Å². The first kappa shape index (κ1) is 8.94. The van der Waals surface area contributed by atoms with E-state index in [-0.39, 0.29) is 12.4 Å². The molecular weight excluding hydrogens is 172 g/mol. The Morgan fingerprint density at radius 2 is 2.25 bits per heavy atom. The zero-order valence-corrected chi connectivity index (χ0v) is 7.42. The average Bonchev–Trinajstić information content (AvgIpc) is 2.04. The second-order valence-electron chi connectivity index (χ2n) is 2.63. The number of hydrogen-bond donors (Lipinski definition) is 1. The predicted molar refractivity (Wildman–Crippen MR) is 52.6 cm³/mol. The molecular formula is C9H11ClN2. The van der Waals surface area contributed by atoms with Gasteiger partial charge in [0.25, 0.3) is 0 Å². The number of halogens is 1. The number of rotatable bonds is 0. The highest BCUT2D eigenvalue weighted by Gasteiger charge is 2.08. The van der Waals surface area contributed by atoms with Crippen LogP contribution in [0.2, 0.25) is 0 Å². The van der Waals surface area contributed by atoms with E-state index >= 15 is 0 Å². The third-order valence-electron chi connectivity index (χ3n) is 1.80. The second-order valence-corrected chi connectivity index (χ2v) is 2.63. The van der Waals surface area contributed by atoms with E-state index < -0.39 is 0 Å². The normalized spacial score (nSPS) is 19.2. The molecule has 2 N–H and O–H groups in total. The van der Waals surface area contributed by atoms with E-state index in [0.717, 1.165) is 12.2 Å². The van der Waals surface area contributed by atoms with Gasteiger partial charge in [-0.25, -0.2) is 0 Å². The van der Waals surface area contributed by atoms with Crippen molar-refractivity contribution in [2.45, 2.75) is 0 Å². The van der Waals surface area contributed by atoms with E-state index in [2.05, 4.69) is 23.1 Å². The number of nitrogens with zero attached hydrogens (tertiary/aromatic N) is 1. The van der Waals surface area contributed by atoms with Gasteiger partial charge < -0.3 is 10.6 Å². The summed E-state index contributed by atoms with van der Waals surface area (Å²) in [6.45, 7) is 0.951. The zero-order valence-electron chi connectivity index (χ0n) is 6.60. The summed E-state index contributed by atoms with van der Waals surface area (Å²) in [5.74, 6) is 0. The summed E-state index contributed by atoms with van der Waals surface area (Å²) in [5.41, 5.74) is 7.62. The van der Waals surface area contributed by atoms with Crippen LogP contribution in [0.3, 0.4) is 0 Å². The monoisotopic (exact) mass is 182 g/mol. The maximum Gasteiger partial charge on any atom is 0.0429 e. The zero-order chi connectivity index (χ0) is 7.68. The van der Waals surface area contributed by atoms with Crippen LogP contribution in [-0.4, -0.2) is 11.4 Å². The van der Waals surface area contributed by atoms with Gasteiger partial charge in [-0.3, -0.25) is 0 Å². The lowest BCUT2D eigenvalue weighted by molar-refractivity contribution is 0.521. The second kappa shape index (κ2) is 3.50. The number of fused-ring (bicyclic) bond motifs is 1. The molecule has 2 aliphatic rings. The van der Waals surface area contributed by atoms with Crippen LogP contribution in [0.25, 0.3) is 0 Å². The van der Waals surface area contributed by atoms with Crippen molar-refractivity contribution in [1.29, 1.82) is 0 Å². The fraction of sp³-hybridized carbons (Fsp3) is 0.111. The van der Waals surface area contributed by atoms with Crippen molar-refractivity contribution in [2.24, 2.45) is 5.73 Å². The SMILES string of the molecule is Cl.NC1=CC2=CC=CCN2C=C1. The van der Waals surface area contributed by atoms with Crippen LogP contribution >= 0.6 is 12.4 Å². The first-order valence-corrected chi connectivity index (χ1v) is 3.65. The van der Waals surface area contributed by atoms with Crippen LogP contribution < -0.4 is 5.73 Å². The first-order chi connectivity index (χ1) is 5.36. The van der Waals surface area contributed by atoms with Crippen LogP contribution in [0.5, 0.6) is 0 Å². The Hall–Kier alpha value is -1.15. The molecule has 12 heavy (non-hydrogen) atoms. The smallest absolute Gasteiger partial charge is 0.0429 e. The molecule has 64 valence electrons. The van der Waals surface area contributed by atoms with Crippen molar-refractivity contribution in [2.75, 3.05) is 6.54 Å². The molecule has 0 aromatic carbocycles. The van der Waals surface area contributed by atoms with Crippen molar-refractivity contribution < 1.29 is 0 Å². The minimum atomic E-state index is 0. The minimum absolute atomic E-state index is 0. The third-order valence-corrected chi connectivity index (χ3v) is 1.80. The Kier molecular flexibility index (Phi) is 2.61. The quantitative estimate of drug-likeness (QED) is 0.616. The minimum Gasteiger partial charge on any atom is -0.399 e. The molecule has 2 heterocycles. The Morgan fingerprint density at radius 1 is 1.42 bits per heavy atom. The summed E-state index contributed by atoms with van der Waals surface area (Å²) in [7, 11) is 0. The van der Waals surface area contributed by atoms with Gasteiger partial charge in [-0.2, -0.15) is 0 Å². The number of hydrogen-bond acceptors (Lipinski definition) is 2. The highest BCUT2D eigenvalue weighted by Crippen LogP contribution is 2.16. The van der Waals surface area contributed by atoms with E-state index in [9.17, 15) is 0 Å². The first-order valence-electron chi connectivity index (χ1n) is 3.65. The van der Waals surface area contributed by atoms with Crippen molar-refractivity contribution in [3.8, 4) is 0 Å². The van der Waals surface area contributed by atoms with Gasteiger partial charge in [0.15, 0.2) is 0 Å². The molecule has 0 unspecified atom stereocenters. The molecule has 0 fully saturated rings. The molecule has 3 heteroatoms. The molecule has 0 saturated carbocycles.